The average Bonchev–Trinajstić information content (AvgIpc) is 1.86. The molecule has 0 N–H and O–H groups in total. The van der Waals surface area contributed by atoms with Crippen molar-refractivity contribution in [2.45, 2.75) is 32.6 Å². The average molecular weight is 143 g/mol. The van der Waals surface area contributed by atoms with Crippen LogP contribution in [0.15, 0.2) is 0 Å². The molecule has 1 fully saturated rings. The van der Waals surface area contributed by atoms with Gasteiger partial charge in [0.2, 0.25) is 0 Å². The van der Waals surface area contributed by atoms with Crippen molar-refractivity contribution in [2.24, 2.45) is 0 Å². The number of halogens is 1. The van der Waals surface area contributed by atoms with Crippen LogP contribution in [0.1, 0.15) is 32.6 Å². The minimum absolute atomic E-state index is 0. The second-order valence-corrected chi connectivity index (χ2v) is 2.16. The Morgan fingerprint density at radius 2 is 1.50 bits per heavy atom. The molecule has 0 atom stereocenters. The van der Waals surface area contributed by atoms with Crippen LogP contribution in [0, 0.1) is 5.92 Å². The van der Waals surface area contributed by atoms with Gasteiger partial charge in [0.15, 0.2) is 0 Å². The third-order valence-corrected chi connectivity index (χ3v) is 1.46. The van der Waals surface area contributed by atoms with E-state index < -0.39 is 0 Å². The van der Waals surface area contributed by atoms with Crippen molar-refractivity contribution in [3.63, 3.8) is 0 Å². The summed E-state index contributed by atoms with van der Waals surface area (Å²) in [6.45, 7) is 2.26. The van der Waals surface area contributed by atoms with Gasteiger partial charge in [-0.15, -0.1) is 0 Å². The molecule has 0 amide bonds. The van der Waals surface area contributed by atoms with Crippen LogP contribution in [0.3, 0.4) is 0 Å². The molecule has 0 aromatic heterocycles. The standard InChI is InChI=1S/C6H11.ClH.Mg/c1-6-4-2-3-5-6;;/h2-5H2,1H3;1H;/q-1;;+2/p-1. The number of rotatable bonds is 0. The maximum absolute atomic E-state index is 2.26. The largest absolute Gasteiger partial charge is 2.00 e. The monoisotopic (exact) mass is 142 g/mol. The topological polar surface area (TPSA) is 0 Å². The van der Waals surface area contributed by atoms with E-state index >= 15 is 0 Å². The fraction of sp³-hybridized carbons (Fsp3) is 0.833. The van der Waals surface area contributed by atoms with Crippen molar-refractivity contribution in [3.05, 3.63) is 5.92 Å². The Labute approximate surface area is 74.0 Å². The molecule has 0 unspecified atom stereocenters. The van der Waals surface area contributed by atoms with Crippen LogP contribution < -0.4 is 12.4 Å². The fourth-order valence-electron chi connectivity index (χ4n) is 0.979. The SMILES string of the molecule is C[C-]1CCCC1.[Cl-].[Mg+2]. The van der Waals surface area contributed by atoms with E-state index in [1.165, 1.54) is 25.7 Å². The fourth-order valence-corrected chi connectivity index (χ4v) is 0.979. The summed E-state index contributed by atoms with van der Waals surface area (Å²) in [5, 5.41) is 0. The van der Waals surface area contributed by atoms with Gasteiger partial charge < -0.3 is 18.3 Å². The Balaban J connectivity index is 0. The zero-order valence-electron chi connectivity index (χ0n) is 5.41. The predicted octanol–water partition coefficient (Wildman–Crippen LogP) is -1.22. The summed E-state index contributed by atoms with van der Waals surface area (Å²) in [6, 6.07) is 0. The summed E-state index contributed by atoms with van der Waals surface area (Å²) in [7, 11) is 0. The Kier molecular flexibility index (Phi) is 9.12. The third-order valence-electron chi connectivity index (χ3n) is 1.46. The third kappa shape index (κ3) is 3.99. The van der Waals surface area contributed by atoms with Gasteiger partial charge in [-0.2, -0.15) is 19.8 Å². The van der Waals surface area contributed by atoms with Gasteiger partial charge in [0.1, 0.15) is 0 Å². The van der Waals surface area contributed by atoms with Crippen LogP contribution in [0.4, 0.5) is 0 Å². The zero-order valence-corrected chi connectivity index (χ0v) is 7.58. The molecule has 0 aromatic rings. The summed E-state index contributed by atoms with van der Waals surface area (Å²) in [6.07, 6.45) is 5.71. The normalized spacial score (nSPS) is 19.1. The Hall–Kier alpha value is 1.06. The van der Waals surface area contributed by atoms with Gasteiger partial charge in [-0.3, -0.25) is 0 Å². The summed E-state index contributed by atoms with van der Waals surface area (Å²) in [5.41, 5.74) is 0. The predicted molar refractivity (Wildman–Crippen MR) is 33.1 cm³/mol. The Morgan fingerprint density at radius 3 is 1.62 bits per heavy atom. The van der Waals surface area contributed by atoms with Gasteiger partial charge in [0.05, 0.1) is 0 Å². The van der Waals surface area contributed by atoms with E-state index in [0.717, 1.165) is 0 Å². The van der Waals surface area contributed by atoms with Gasteiger partial charge in [-0.1, -0.05) is 12.8 Å². The number of hydrogen-bond acceptors (Lipinski definition) is 0. The molecule has 0 spiro atoms. The van der Waals surface area contributed by atoms with E-state index in [1.54, 1.807) is 5.92 Å². The van der Waals surface area contributed by atoms with Gasteiger partial charge in [0, 0.05) is 0 Å². The van der Waals surface area contributed by atoms with Crippen molar-refractivity contribution < 1.29 is 12.4 Å². The Morgan fingerprint density at radius 1 is 1.12 bits per heavy atom. The molecule has 0 saturated heterocycles. The first-order valence-corrected chi connectivity index (χ1v) is 2.71. The molecular formula is C6H11ClMg. The molecule has 0 radical (unpaired) electrons. The first-order valence-electron chi connectivity index (χ1n) is 2.71. The molecule has 1 aliphatic carbocycles. The molecule has 0 aromatic carbocycles. The van der Waals surface area contributed by atoms with E-state index in [2.05, 4.69) is 6.92 Å². The van der Waals surface area contributed by atoms with Gasteiger partial charge in [-0.25, -0.2) is 0 Å². The molecule has 0 bridgehead atoms. The summed E-state index contributed by atoms with van der Waals surface area (Å²) in [4.78, 5) is 0. The van der Waals surface area contributed by atoms with Crippen LogP contribution in [-0.4, -0.2) is 23.1 Å². The van der Waals surface area contributed by atoms with E-state index in [0.29, 0.717) is 0 Å². The minimum Gasteiger partial charge on any atom is -1.00 e. The molecule has 0 heterocycles. The van der Waals surface area contributed by atoms with Gasteiger partial charge >= 0.3 is 23.1 Å². The molecule has 1 rings (SSSR count). The summed E-state index contributed by atoms with van der Waals surface area (Å²) < 4.78 is 0. The first-order chi connectivity index (χ1) is 2.89. The zero-order chi connectivity index (χ0) is 4.41. The van der Waals surface area contributed by atoms with Crippen molar-refractivity contribution in [3.8, 4) is 0 Å². The summed E-state index contributed by atoms with van der Waals surface area (Å²) in [5.74, 6) is 1.70. The van der Waals surface area contributed by atoms with E-state index in [9.17, 15) is 0 Å². The van der Waals surface area contributed by atoms with Gasteiger partial charge in [0.25, 0.3) is 0 Å². The molecule has 44 valence electrons. The van der Waals surface area contributed by atoms with Crippen LogP contribution >= 0.6 is 0 Å². The molecule has 0 aliphatic heterocycles. The smallest absolute Gasteiger partial charge is 1.00 e. The molecule has 2 heteroatoms. The van der Waals surface area contributed by atoms with E-state index in [-0.39, 0.29) is 35.5 Å². The van der Waals surface area contributed by atoms with Gasteiger partial charge in [-0.05, 0) is 0 Å². The Bertz CT molecular complexity index is 41.8. The molecule has 8 heavy (non-hydrogen) atoms. The van der Waals surface area contributed by atoms with Crippen LogP contribution in [0.2, 0.25) is 0 Å². The maximum Gasteiger partial charge on any atom is 2.00 e. The molecular weight excluding hydrogens is 132 g/mol. The number of hydrogen-bond donors (Lipinski definition) is 0. The second kappa shape index (κ2) is 6.18. The van der Waals surface area contributed by atoms with E-state index in [1.807, 2.05) is 0 Å². The van der Waals surface area contributed by atoms with Crippen LogP contribution in [-0.2, 0) is 0 Å². The quantitative estimate of drug-likeness (QED) is 0.294. The molecule has 1 saturated carbocycles. The maximum atomic E-state index is 2.26. The minimum atomic E-state index is 0. The summed E-state index contributed by atoms with van der Waals surface area (Å²) >= 11 is 0. The van der Waals surface area contributed by atoms with Crippen molar-refractivity contribution in [1.82, 2.24) is 0 Å². The van der Waals surface area contributed by atoms with Crippen LogP contribution in [0.25, 0.3) is 0 Å². The van der Waals surface area contributed by atoms with Crippen molar-refractivity contribution in [1.29, 1.82) is 0 Å². The van der Waals surface area contributed by atoms with E-state index in [4.69, 9.17) is 0 Å². The molecule has 0 nitrogen and oxygen atoms in total. The first kappa shape index (κ1) is 11.8. The van der Waals surface area contributed by atoms with Crippen LogP contribution in [0.5, 0.6) is 0 Å². The molecule has 1 aliphatic rings. The van der Waals surface area contributed by atoms with Crippen molar-refractivity contribution >= 4 is 23.1 Å². The van der Waals surface area contributed by atoms with Crippen molar-refractivity contribution in [2.75, 3.05) is 0 Å². The second-order valence-electron chi connectivity index (χ2n) is 2.16.